The Hall–Kier alpha value is -2.95. The summed E-state index contributed by atoms with van der Waals surface area (Å²) < 4.78 is 2.11. The van der Waals surface area contributed by atoms with Crippen molar-refractivity contribution >= 4 is 23.2 Å². The van der Waals surface area contributed by atoms with Gasteiger partial charge in [0.05, 0.1) is 10.3 Å². The Balaban J connectivity index is 2.03. The van der Waals surface area contributed by atoms with Gasteiger partial charge in [-0.2, -0.15) is 4.58 Å². The molecule has 0 spiro atoms. The molecule has 0 bridgehead atoms. The van der Waals surface area contributed by atoms with Gasteiger partial charge in [0.1, 0.15) is 12.8 Å². The Morgan fingerprint density at radius 2 is 1.88 bits per heavy atom. The Morgan fingerprint density at radius 3 is 2.54 bits per heavy atom. The van der Waals surface area contributed by atoms with Gasteiger partial charge in [0.2, 0.25) is 5.69 Å². The molecule has 5 nitrogen and oxygen atoms in total. The molecule has 1 heterocycles. The van der Waals surface area contributed by atoms with Gasteiger partial charge in [0, 0.05) is 35.4 Å². The van der Waals surface area contributed by atoms with Crippen molar-refractivity contribution in [1.29, 1.82) is 0 Å². The lowest BCUT2D eigenvalue weighted by molar-refractivity contribution is -0.401. The van der Waals surface area contributed by atoms with E-state index in [1.165, 1.54) is 23.8 Å². The fourth-order valence-corrected chi connectivity index (χ4v) is 3.26. The van der Waals surface area contributed by atoms with Crippen molar-refractivity contribution in [2.75, 3.05) is 7.05 Å². The minimum absolute atomic E-state index is 0.0217. The summed E-state index contributed by atoms with van der Waals surface area (Å²) in [5.74, 6) is 0.0217. The maximum Gasteiger partial charge on any atom is 0.270 e. The molecule has 0 radical (unpaired) electrons. The first-order valence-corrected chi connectivity index (χ1v) is 7.68. The number of fused-ring (bicyclic) bond motifs is 1. The Bertz CT molecular complexity index is 895. The lowest BCUT2D eigenvalue weighted by Gasteiger charge is -2.15. The first-order valence-electron chi connectivity index (χ1n) is 7.68. The van der Waals surface area contributed by atoms with E-state index < -0.39 is 4.92 Å². The van der Waals surface area contributed by atoms with Gasteiger partial charge in [0.15, 0.2) is 5.71 Å². The van der Waals surface area contributed by atoms with Crippen LogP contribution in [0.25, 0.3) is 6.08 Å². The van der Waals surface area contributed by atoms with Gasteiger partial charge >= 0.3 is 0 Å². The number of phenolic OH excluding ortho intramolecular Hbond substituents is 1. The van der Waals surface area contributed by atoms with Crippen LogP contribution in [0.4, 0.5) is 11.4 Å². The first-order chi connectivity index (χ1) is 11.3. The standard InChI is InChI=1S/C19H18N2O3/c1-19(2)15-6-4-5-7-16(15)20(3)18(19)11-8-13-12-14(21(23)24)9-10-17(13)22/h4-12H,1-3H3/p+1. The number of benzene rings is 2. The molecular weight excluding hydrogens is 304 g/mol. The minimum Gasteiger partial charge on any atom is -0.507 e. The normalized spacial score (nSPS) is 15.8. The predicted octanol–water partition coefficient (Wildman–Crippen LogP) is 4.02. The number of rotatable bonds is 3. The minimum atomic E-state index is -0.467. The fraction of sp³-hybridized carbons (Fsp3) is 0.211. The van der Waals surface area contributed by atoms with Crippen LogP contribution in [0, 0.1) is 10.1 Å². The molecule has 5 heteroatoms. The molecule has 1 aliphatic heterocycles. The highest BCUT2D eigenvalue weighted by Crippen LogP contribution is 2.39. The lowest BCUT2D eigenvalue weighted by atomic mass is 9.81. The SMILES string of the molecule is C[N+]1=C(C=Cc2cc([N+](=O)[O-])ccc2O)C(C)(C)c2ccccc21. The number of allylic oxidation sites excluding steroid dienone is 1. The van der Waals surface area contributed by atoms with E-state index in [1.54, 1.807) is 6.08 Å². The largest absolute Gasteiger partial charge is 0.507 e. The summed E-state index contributed by atoms with van der Waals surface area (Å²) in [6.07, 6.45) is 3.64. The van der Waals surface area contributed by atoms with Crippen molar-refractivity contribution in [1.82, 2.24) is 0 Å². The summed E-state index contributed by atoms with van der Waals surface area (Å²) in [6, 6.07) is 12.2. The third-order valence-electron chi connectivity index (χ3n) is 4.58. The highest BCUT2D eigenvalue weighted by Gasteiger charge is 2.42. The maximum atomic E-state index is 10.9. The van der Waals surface area contributed by atoms with Crippen LogP contribution in [0.1, 0.15) is 25.0 Å². The topological polar surface area (TPSA) is 66.4 Å². The van der Waals surface area contributed by atoms with Crippen LogP contribution < -0.4 is 0 Å². The molecule has 24 heavy (non-hydrogen) atoms. The van der Waals surface area contributed by atoms with E-state index in [-0.39, 0.29) is 16.9 Å². The molecule has 0 saturated carbocycles. The molecule has 1 N–H and O–H groups in total. The van der Waals surface area contributed by atoms with Gasteiger partial charge in [-0.15, -0.1) is 0 Å². The van der Waals surface area contributed by atoms with Crippen molar-refractivity contribution in [3.8, 4) is 5.75 Å². The molecule has 0 fully saturated rings. The van der Waals surface area contributed by atoms with Crippen LogP contribution >= 0.6 is 0 Å². The summed E-state index contributed by atoms with van der Waals surface area (Å²) in [5.41, 5.74) is 3.64. The molecule has 0 unspecified atom stereocenters. The Labute approximate surface area is 140 Å². The second-order valence-electron chi connectivity index (χ2n) is 6.42. The molecule has 122 valence electrons. The number of phenols is 1. The van der Waals surface area contributed by atoms with E-state index in [2.05, 4.69) is 30.6 Å². The van der Waals surface area contributed by atoms with Crippen LogP contribution in [-0.2, 0) is 5.41 Å². The summed E-state index contributed by atoms with van der Waals surface area (Å²) in [7, 11) is 2.00. The van der Waals surface area contributed by atoms with Crippen molar-refractivity contribution in [2.45, 2.75) is 19.3 Å². The van der Waals surface area contributed by atoms with Crippen LogP contribution in [0.3, 0.4) is 0 Å². The highest BCUT2D eigenvalue weighted by atomic mass is 16.6. The van der Waals surface area contributed by atoms with Gasteiger partial charge < -0.3 is 5.11 Å². The molecule has 0 atom stereocenters. The second-order valence-corrected chi connectivity index (χ2v) is 6.42. The monoisotopic (exact) mass is 323 g/mol. The molecule has 2 aromatic carbocycles. The zero-order chi connectivity index (χ0) is 17.5. The third kappa shape index (κ3) is 2.48. The van der Waals surface area contributed by atoms with Crippen LogP contribution in [-0.4, -0.2) is 27.4 Å². The summed E-state index contributed by atoms with van der Waals surface area (Å²) in [5, 5.41) is 20.9. The van der Waals surface area contributed by atoms with Crippen molar-refractivity contribution in [2.24, 2.45) is 0 Å². The van der Waals surface area contributed by atoms with Crippen LogP contribution in [0.2, 0.25) is 0 Å². The summed E-state index contributed by atoms with van der Waals surface area (Å²) in [6.45, 7) is 4.28. The average Bonchev–Trinajstić information content (AvgIpc) is 2.74. The van der Waals surface area contributed by atoms with Crippen molar-refractivity contribution < 1.29 is 14.6 Å². The Kier molecular flexibility index (Phi) is 3.72. The van der Waals surface area contributed by atoms with Crippen LogP contribution in [0.15, 0.2) is 48.5 Å². The number of non-ortho nitro benzene ring substituents is 1. The van der Waals surface area contributed by atoms with Crippen molar-refractivity contribution in [3.63, 3.8) is 0 Å². The van der Waals surface area contributed by atoms with E-state index in [1.807, 2.05) is 25.3 Å². The highest BCUT2D eigenvalue weighted by molar-refractivity contribution is 6.05. The zero-order valence-corrected chi connectivity index (χ0v) is 13.9. The molecule has 3 rings (SSSR count). The average molecular weight is 323 g/mol. The van der Waals surface area contributed by atoms with E-state index in [9.17, 15) is 15.2 Å². The molecule has 0 saturated heterocycles. The van der Waals surface area contributed by atoms with E-state index in [0.717, 1.165) is 11.4 Å². The number of aromatic hydroxyl groups is 1. The van der Waals surface area contributed by atoms with E-state index in [4.69, 9.17) is 0 Å². The fourth-order valence-electron chi connectivity index (χ4n) is 3.26. The van der Waals surface area contributed by atoms with Gasteiger partial charge in [-0.3, -0.25) is 10.1 Å². The number of nitrogens with zero attached hydrogens (tertiary/aromatic N) is 2. The lowest BCUT2D eigenvalue weighted by Crippen LogP contribution is -2.26. The number of para-hydroxylation sites is 1. The third-order valence-corrected chi connectivity index (χ3v) is 4.58. The van der Waals surface area contributed by atoms with Gasteiger partial charge in [0.25, 0.3) is 5.69 Å². The zero-order valence-electron chi connectivity index (χ0n) is 13.9. The van der Waals surface area contributed by atoms with Gasteiger partial charge in [-0.1, -0.05) is 18.2 Å². The molecule has 0 aromatic heterocycles. The molecule has 0 amide bonds. The Morgan fingerprint density at radius 1 is 1.17 bits per heavy atom. The quantitative estimate of drug-likeness (QED) is 0.527. The maximum absolute atomic E-state index is 10.9. The number of hydrogen-bond donors (Lipinski definition) is 1. The molecule has 0 aliphatic carbocycles. The van der Waals surface area contributed by atoms with E-state index >= 15 is 0 Å². The summed E-state index contributed by atoms with van der Waals surface area (Å²) >= 11 is 0. The predicted molar refractivity (Wildman–Crippen MR) is 94.1 cm³/mol. The smallest absolute Gasteiger partial charge is 0.270 e. The van der Waals surface area contributed by atoms with E-state index in [0.29, 0.717) is 5.56 Å². The first kappa shape index (κ1) is 15.9. The molecule has 2 aromatic rings. The number of nitro benzene ring substituents is 1. The summed E-state index contributed by atoms with van der Waals surface area (Å²) in [4.78, 5) is 10.4. The molecule has 1 aliphatic rings. The number of hydrogen-bond acceptors (Lipinski definition) is 3. The molecular formula is C19H19N2O3+. The van der Waals surface area contributed by atoms with Crippen LogP contribution in [0.5, 0.6) is 5.75 Å². The number of nitro groups is 1. The van der Waals surface area contributed by atoms with Gasteiger partial charge in [-0.05, 0) is 26.0 Å². The van der Waals surface area contributed by atoms with Crippen molar-refractivity contribution in [3.05, 3.63) is 69.8 Å². The van der Waals surface area contributed by atoms with Gasteiger partial charge in [-0.25, -0.2) is 0 Å². The second kappa shape index (κ2) is 5.60.